The van der Waals surface area contributed by atoms with Gasteiger partial charge < -0.3 is 4.74 Å². The third-order valence-corrected chi connectivity index (χ3v) is 2.20. The maximum Gasteiger partial charge on any atom is 0.454 e. The number of ether oxygens (including phenoxy) is 1. The van der Waals surface area contributed by atoms with E-state index in [9.17, 15) is 18.0 Å². The molecule has 0 heterocycles. The van der Waals surface area contributed by atoms with Crippen molar-refractivity contribution in [2.24, 2.45) is 0 Å². The highest BCUT2D eigenvalue weighted by molar-refractivity contribution is 6.00. The molecule has 0 bridgehead atoms. The normalized spacial score (nSPS) is 15.9. The van der Waals surface area contributed by atoms with Crippen LogP contribution in [0.5, 0.6) is 5.75 Å². The predicted octanol–water partition coefficient (Wildman–Crippen LogP) is 2.97. The van der Waals surface area contributed by atoms with E-state index < -0.39 is 12.0 Å². The van der Waals surface area contributed by atoms with Crippen LogP contribution >= 0.6 is 0 Å². The van der Waals surface area contributed by atoms with E-state index in [0.717, 1.165) is 25.0 Å². The van der Waals surface area contributed by atoms with Crippen molar-refractivity contribution >= 4 is 5.78 Å². The Morgan fingerprint density at radius 2 is 1.75 bits per heavy atom. The summed E-state index contributed by atoms with van der Waals surface area (Å²) >= 11 is 0. The van der Waals surface area contributed by atoms with Gasteiger partial charge >= 0.3 is 6.18 Å². The summed E-state index contributed by atoms with van der Waals surface area (Å²) in [7, 11) is 0. The minimum Gasteiger partial charge on any atom is -0.490 e. The molecule has 0 aromatic heterocycles. The van der Waals surface area contributed by atoms with Gasteiger partial charge in [-0.15, -0.1) is 0 Å². The van der Waals surface area contributed by atoms with Crippen molar-refractivity contribution in [1.29, 1.82) is 0 Å². The van der Waals surface area contributed by atoms with Crippen LogP contribution in [0.2, 0.25) is 0 Å². The summed E-state index contributed by atoms with van der Waals surface area (Å²) in [4.78, 5) is 10.8. The topological polar surface area (TPSA) is 26.3 Å². The zero-order valence-corrected chi connectivity index (χ0v) is 8.25. The van der Waals surface area contributed by atoms with Crippen LogP contribution < -0.4 is 4.74 Å². The number of ketones is 1. The Bertz CT molecular complexity index is 391. The zero-order valence-electron chi connectivity index (χ0n) is 8.25. The van der Waals surface area contributed by atoms with Crippen LogP contribution in [-0.4, -0.2) is 18.1 Å². The molecule has 0 aliphatic heterocycles. The molecule has 0 saturated heterocycles. The Hall–Kier alpha value is -1.52. The molecule has 1 aliphatic carbocycles. The zero-order chi connectivity index (χ0) is 11.8. The second-order valence-corrected chi connectivity index (χ2v) is 3.67. The first-order chi connectivity index (χ1) is 7.47. The first kappa shape index (κ1) is 11.0. The van der Waals surface area contributed by atoms with Crippen LogP contribution in [0.1, 0.15) is 23.2 Å². The summed E-state index contributed by atoms with van der Waals surface area (Å²) in [5.41, 5.74) is -0.365. The van der Waals surface area contributed by atoms with Gasteiger partial charge in [0.15, 0.2) is 0 Å². The fourth-order valence-electron chi connectivity index (χ4n) is 1.23. The lowest BCUT2D eigenvalue weighted by atomic mass is 10.1. The number of halogens is 3. The molecule has 1 aromatic carbocycles. The number of rotatable bonds is 3. The quantitative estimate of drug-likeness (QED) is 0.746. The van der Waals surface area contributed by atoms with E-state index in [2.05, 4.69) is 0 Å². The van der Waals surface area contributed by atoms with E-state index in [1.165, 1.54) is 12.1 Å². The monoisotopic (exact) mass is 230 g/mol. The van der Waals surface area contributed by atoms with Crippen LogP contribution in [0.4, 0.5) is 13.2 Å². The largest absolute Gasteiger partial charge is 0.490 e. The molecule has 0 radical (unpaired) electrons. The van der Waals surface area contributed by atoms with E-state index in [0.29, 0.717) is 5.75 Å². The molecular weight excluding hydrogens is 221 g/mol. The number of carbonyl (C=O) groups is 1. The summed E-state index contributed by atoms with van der Waals surface area (Å²) in [6.45, 7) is 0. The van der Waals surface area contributed by atoms with Crippen LogP contribution in [0.3, 0.4) is 0 Å². The number of hydrogen-bond donors (Lipinski definition) is 0. The Morgan fingerprint density at radius 3 is 2.19 bits per heavy atom. The fourth-order valence-corrected chi connectivity index (χ4v) is 1.23. The van der Waals surface area contributed by atoms with Crippen molar-refractivity contribution in [3.8, 4) is 5.75 Å². The molecule has 0 N–H and O–H groups in total. The highest BCUT2D eigenvalue weighted by Crippen LogP contribution is 2.28. The molecule has 86 valence electrons. The van der Waals surface area contributed by atoms with Gasteiger partial charge in [0.1, 0.15) is 5.75 Å². The van der Waals surface area contributed by atoms with Crippen molar-refractivity contribution < 1.29 is 22.7 Å². The highest BCUT2D eigenvalue weighted by Gasteiger charge is 2.39. The molecule has 1 aromatic rings. The molecule has 2 rings (SSSR count). The summed E-state index contributed by atoms with van der Waals surface area (Å²) in [6, 6.07) is 5.04. The first-order valence-corrected chi connectivity index (χ1v) is 4.85. The molecule has 16 heavy (non-hydrogen) atoms. The van der Waals surface area contributed by atoms with Crippen molar-refractivity contribution in [1.82, 2.24) is 0 Å². The molecule has 0 unspecified atom stereocenters. The van der Waals surface area contributed by atoms with Gasteiger partial charge in [0, 0.05) is 5.56 Å². The van der Waals surface area contributed by atoms with Crippen molar-refractivity contribution in [3.63, 3.8) is 0 Å². The van der Waals surface area contributed by atoms with Crippen molar-refractivity contribution in [3.05, 3.63) is 29.8 Å². The number of hydrogen-bond acceptors (Lipinski definition) is 2. The lowest BCUT2D eigenvalue weighted by molar-refractivity contribution is -0.0885. The Morgan fingerprint density at radius 1 is 1.19 bits per heavy atom. The fraction of sp³-hybridized carbons (Fsp3) is 0.364. The molecule has 1 fully saturated rings. The van der Waals surface area contributed by atoms with Gasteiger partial charge in [-0.3, -0.25) is 4.79 Å². The summed E-state index contributed by atoms with van der Waals surface area (Å²) in [5, 5.41) is 0. The van der Waals surface area contributed by atoms with Crippen LogP contribution in [0.25, 0.3) is 0 Å². The predicted molar refractivity (Wildman–Crippen MR) is 50.5 cm³/mol. The van der Waals surface area contributed by atoms with E-state index in [4.69, 9.17) is 4.74 Å². The lowest BCUT2D eigenvalue weighted by Gasteiger charge is -2.07. The SMILES string of the molecule is O=C(c1ccc(OC2CC2)cc1)C(F)(F)F. The smallest absolute Gasteiger partial charge is 0.454 e. The van der Waals surface area contributed by atoms with Gasteiger partial charge in [-0.05, 0) is 37.1 Å². The van der Waals surface area contributed by atoms with E-state index >= 15 is 0 Å². The number of alkyl halides is 3. The number of benzene rings is 1. The lowest BCUT2D eigenvalue weighted by Crippen LogP contribution is -2.22. The third kappa shape index (κ3) is 2.53. The Balaban J connectivity index is 2.09. The summed E-state index contributed by atoms with van der Waals surface area (Å²) < 4.78 is 41.6. The molecule has 1 saturated carbocycles. The molecule has 1 aliphatic rings. The van der Waals surface area contributed by atoms with Crippen LogP contribution in [0, 0.1) is 0 Å². The van der Waals surface area contributed by atoms with Crippen molar-refractivity contribution in [2.75, 3.05) is 0 Å². The standard InChI is InChI=1S/C11H9F3O2/c12-11(13,14)10(15)7-1-3-8(4-2-7)16-9-5-6-9/h1-4,9H,5-6H2. The maximum absolute atomic E-state index is 12.1. The number of carbonyl (C=O) groups excluding carboxylic acids is 1. The molecule has 0 amide bonds. The van der Waals surface area contributed by atoms with Crippen molar-refractivity contribution in [2.45, 2.75) is 25.1 Å². The third-order valence-electron chi connectivity index (χ3n) is 2.20. The van der Waals surface area contributed by atoms with Crippen LogP contribution in [0.15, 0.2) is 24.3 Å². The average Bonchev–Trinajstić information content (AvgIpc) is 3.00. The van der Waals surface area contributed by atoms with Gasteiger partial charge in [-0.25, -0.2) is 0 Å². The molecule has 0 spiro atoms. The molecule has 5 heteroatoms. The first-order valence-electron chi connectivity index (χ1n) is 4.85. The molecule has 0 atom stereocenters. The van der Waals surface area contributed by atoms with E-state index in [1.807, 2.05) is 0 Å². The van der Waals surface area contributed by atoms with E-state index in [-0.39, 0.29) is 11.7 Å². The van der Waals surface area contributed by atoms with Crippen LogP contribution in [-0.2, 0) is 0 Å². The average molecular weight is 230 g/mol. The van der Waals surface area contributed by atoms with Gasteiger partial charge in [0.05, 0.1) is 6.10 Å². The van der Waals surface area contributed by atoms with Gasteiger partial charge in [0.25, 0.3) is 5.78 Å². The highest BCUT2D eigenvalue weighted by atomic mass is 19.4. The van der Waals surface area contributed by atoms with Gasteiger partial charge in [-0.1, -0.05) is 0 Å². The second kappa shape index (κ2) is 3.81. The number of Topliss-reactive ketones (excluding diaryl/α,β-unsaturated/α-hetero) is 1. The second-order valence-electron chi connectivity index (χ2n) is 3.67. The van der Waals surface area contributed by atoms with E-state index in [1.54, 1.807) is 0 Å². The Kier molecular flexibility index (Phi) is 2.61. The van der Waals surface area contributed by atoms with Gasteiger partial charge in [-0.2, -0.15) is 13.2 Å². The minimum absolute atomic E-state index is 0.184. The Labute approximate surface area is 90.0 Å². The summed E-state index contributed by atoms with van der Waals surface area (Å²) in [5.74, 6) is -1.33. The summed E-state index contributed by atoms with van der Waals surface area (Å²) in [6.07, 6.45) is -2.69. The molecular formula is C11H9F3O2. The molecule has 2 nitrogen and oxygen atoms in total. The minimum atomic E-state index is -4.82. The van der Waals surface area contributed by atoms with Gasteiger partial charge in [0.2, 0.25) is 0 Å². The maximum atomic E-state index is 12.1.